The predicted octanol–water partition coefficient (Wildman–Crippen LogP) is 1.58. The van der Waals surface area contributed by atoms with Gasteiger partial charge in [-0.15, -0.1) is 0 Å². The molecule has 1 atom stereocenters. The largest absolute Gasteiger partial charge is 0.309 e. The minimum atomic E-state index is 0.597. The molecule has 0 saturated heterocycles. The lowest BCUT2D eigenvalue weighted by molar-refractivity contribution is 0.263. The van der Waals surface area contributed by atoms with Gasteiger partial charge in [-0.3, -0.25) is 0 Å². The highest BCUT2D eigenvalue weighted by Crippen LogP contribution is 2.16. The first-order chi connectivity index (χ1) is 9.15. The molecule has 0 bridgehead atoms. The van der Waals surface area contributed by atoms with Gasteiger partial charge in [-0.1, -0.05) is 24.3 Å². The Morgan fingerprint density at radius 3 is 2.58 bits per heavy atom. The van der Waals surface area contributed by atoms with Gasteiger partial charge in [0, 0.05) is 19.1 Å². The van der Waals surface area contributed by atoms with E-state index in [2.05, 4.69) is 60.5 Å². The van der Waals surface area contributed by atoms with E-state index < -0.39 is 0 Å². The smallest absolute Gasteiger partial charge is 0.0238 e. The van der Waals surface area contributed by atoms with Crippen molar-refractivity contribution in [2.45, 2.75) is 25.4 Å². The van der Waals surface area contributed by atoms with Crippen LogP contribution in [0.15, 0.2) is 24.3 Å². The lowest BCUT2D eigenvalue weighted by atomic mass is 9.96. The standard InChI is InChI=1S/C16H27N3/c1-18(2)9-6-10-19(3)13-16-11-14-7-4-5-8-15(14)12-17-16/h4-5,7-8,16-17H,6,9-13H2,1-3H3. The van der Waals surface area contributed by atoms with Crippen molar-refractivity contribution < 1.29 is 0 Å². The second-order valence-electron chi connectivity index (χ2n) is 5.97. The minimum absolute atomic E-state index is 0.597. The van der Waals surface area contributed by atoms with Crippen LogP contribution in [0, 0.1) is 0 Å². The Morgan fingerprint density at radius 2 is 1.84 bits per heavy atom. The fourth-order valence-corrected chi connectivity index (χ4v) is 2.77. The van der Waals surface area contributed by atoms with Gasteiger partial charge >= 0.3 is 0 Å². The number of benzene rings is 1. The van der Waals surface area contributed by atoms with Crippen molar-refractivity contribution >= 4 is 0 Å². The Hall–Kier alpha value is -0.900. The summed E-state index contributed by atoms with van der Waals surface area (Å²) in [5.74, 6) is 0. The summed E-state index contributed by atoms with van der Waals surface area (Å²) in [5, 5.41) is 3.65. The van der Waals surface area contributed by atoms with Gasteiger partial charge in [0.15, 0.2) is 0 Å². The first-order valence-electron chi connectivity index (χ1n) is 7.28. The Morgan fingerprint density at radius 1 is 1.11 bits per heavy atom. The summed E-state index contributed by atoms with van der Waals surface area (Å²) in [7, 11) is 6.51. The van der Waals surface area contributed by atoms with Gasteiger partial charge in [-0.25, -0.2) is 0 Å². The number of likely N-dealkylation sites (N-methyl/N-ethyl adjacent to an activating group) is 1. The van der Waals surface area contributed by atoms with Crippen LogP contribution in [-0.2, 0) is 13.0 Å². The highest BCUT2D eigenvalue weighted by Gasteiger charge is 2.18. The molecule has 2 rings (SSSR count). The van der Waals surface area contributed by atoms with Crippen LogP contribution in [0.2, 0.25) is 0 Å². The summed E-state index contributed by atoms with van der Waals surface area (Å²) in [6, 6.07) is 9.39. The van der Waals surface area contributed by atoms with E-state index in [-0.39, 0.29) is 0 Å². The van der Waals surface area contributed by atoms with Gasteiger partial charge in [-0.05, 0) is 58.2 Å². The topological polar surface area (TPSA) is 18.5 Å². The normalized spacial score (nSPS) is 18.9. The molecule has 0 spiro atoms. The van der Waals surface area contributed by atoms with Gasteiger partial charge in [-0.2, -0.15) is 0 Å². The van der Waals surface area contributed by atoms with Gasteiger partial charge < -0.3 is 15.1 Å². The molecule has 1 aromatic carbocycles. The molecule has 1 unspecified atom stereocenters. The SMILES string of the molecule is CN(C)CCCN(C)CC1Cc2ccccc2CN1. The third kappa shape index (κ3) is 4.60. The van der Waals surface area contributed by atoms with Crippen LogP contribution in [0.4, 0.5) is 0 Å². The Labute approximate surface area is 117 Å². The lowest BCUT2D eigenvalue weighted by Gasteiger charge is -2.30. The molecule has 0 amide bonds. The van der Waals surface area contributed by atoms with E-state index in [1.807, 2.05) is 0 Å². The van der Waals surface area contributed by atoms with Gasteiger partial charge in [0.05, 0.1) is 0 Å². The fraction of sp³-hybridized carbons (Fsp3) is 0.625. The summed E-state index contributed by atoms with van der Waals surface area (Å²) < 4.78 is 0. The van der Waals surface area contributed by atoms with Crippen molar-refractivity contribution in [2.75, 3.05) is 40.8 Å². The molecule has 3 heteroatoms. The van der Waals surface area contributed by atoms with E-state index in [4.69, 9.17) is 0 Å². The highest BCUT2D eigenvalue weighted by molar-refractivity contribution is 5.29. The predicted molar refractivity (Wildman–Crippen MR) is 81.4 cm³/mol. The van der Waals surface area contributed by atoms with E-state index in [9.17, 15) is 0 Å². The molecule has 1 aliphatic rings. The molecule has 0 fully saturated rings. The molecule has 0 saturated carbocycles. The average Bonchev–Trinajstić information content (AvgIpc) is 2.38. The van der Waals surface area contributed by atoms with Crippen molar-refractivity contribution in [1.82, 2.24) is 15.1 Å². The van der Waals surface area contributed by atoms with Crippen molar-refractivity contribution in [3.63, 3.8) is 0 Å². The highest BCUT2D eigenvalue weighted by atomic mass is 15.1. The third-order valence-corrected chi connectivity index (χ3v) is 3.84. The third-order valence-electron chi connectivity index (χ3n) is 3.84. The van der Waals surface area contributed by atoms with E-state index in [1.165, 1.54) is 30.6 Å². The first kappa shape index (κ1) is 14.5. The maximum Gasteiger partial charge on any atom is 0.0238 e. The lowest BCUT2D eigenvalue weighted by Crippen LogP contribution is -2.44. The van der Waals surface area contributed by atoms with Crippen LogP contribution in [0.1, 0.15) is 17.5 Å². The van der Waals surface area contributed by atoms with Crippen LogP contribution >= 0.6 is 0 Å². The van der Waals surface area contributed by atoms with Crippen molar-refractivity contribution in [1.29, 1.82) is 0 Å². The fourth-order valence-electron chi connectivity index (χ4n) is 2.77. The molecule has 0 aliphatic carbocycles. The van der Waals surface area contributed by atoms with Gasteiger partial charge in [0.2, 0.25) is 0 Å². The maximum atomic E-state index is 3.65. The van der Waals surface area contributed by atoms with Crippen LogP contribution in [-0.4, -0.2) is 56.6 Å². The summed E-state index contributed by atoms with van der Waals surface area (Å²) in [6.07, 6.45) is 2.40. The molecular formula is C16H27N3. The zero-order valence-electron chi connectivity index (χ0n) is 12.5. The number of hydrogen-bond donors (Lipinski definition) is 1. The van der Waals surface area contributed by atoms with Crippen molar-refractivity contribution in [2.24, 2.45) is 0 Å². The van der Waals surface area contributed by atoms with Crippen molar-refractivity contribution in [3.05, 3.63) is 35.4 Å². The Kier molecular flexibility index (Phi) is 5.37. The minimum Gasteiger partial charge on any atom is -0.309 e. The zero-order valence-corrected chi connectivity index (χ0v) is 12.5. The number of rotatable bonds is 6. The second kappa shape index (κ2) is 7.04. The molecule has 19 heavy (non-hydrogen) atoms. The molecule has 1 heterocycles. The summed E-state index contributed by atoms with van der Waals surface area (Å²) in [5.41, 5.74) is 2.99. The molecule has 1 aliphatic heterocycles. The van der Waals surface area contributed by atoms with Crippen LogP contribution in [0.5, 0.6) is 0 Å². The molecule has 106 valence electrons. The molecule has 0 radical (unpaired) electrons. The van der Waals surface area contributed by atoms with Crippen LogP contribution < -0.4 is 5.32 Å². The summed E-state index contributed by atoms with van der Waals surface area (Å²) >= 11 is 0. The van der Waals surface area contributed by atoms with Crippen LogP contribution in [0.25, 0.3) is 0 Å². The number of fused-ring (bicyclic) bond motifs is 1. The van der Waals surface area contributed by atoms with Gasteiger partial charge in [0.1, 0.15) is 0 Å². The zero-order chi connectivity index (χ0) is 13.7. The summed E-state index contributed by atoms with van der Waals surface area (Å²) in [4.78, 5) is 4.71. The summed E-state index contributed by atoms with van der Waals surface area (Å²) in [6.45, 7) is 4.51. The number of nitrogens with one attached hydrogen (secondary N) is 1. The Balaban J connectivity index is 1.75. The van der Waals surface area contributed by atoms with Gasteiger partial charge in [0.25, 0.3) is 0 Å². The number of nitrogens with zero attached hydrogens (tertiary/aromatic N) is 2. The maximum absolute atomic E-state index is 3.65. The quantitative estimate of drug-likeness (QED) is 0.839. The monoisotopic (exact) mass is 261 g/mol. The Bertz CT molecular complexity index is 389. The van der Waals surface area contributed by atoms with E-state index >= 15 is 0 Å². The molecule has 0 aromatic heterocycles. The molecule has 1 N–H and O–H groups in total. The number of hydrogen-bond acceptors (Lipinski definition) is 3. The molecule has 1 aromatic rings. The van der Waals surface area contributed by atoms with E-state index in [1.54, 1.807) is 0 Å². The second-order valence-corrected chi connectivity index (χ2v) is 5.97. The first-order valence-corrected chi connectivity index (χ1v) is 7.28. The molecular weight excluding hydrogens is 234 g/mol. The average molecular weight is 261 g/mol. The van der Waals surface area contributed by atoms with Crippen molar-refractivity contribution in [3.8, 4) is 0 Å². The van der Waals surface area contributed by atoms with E-state index in [0.29, 0.717) is 6.04 Å². The molecule has 3 nitrogen and oxygen atoms in total. The van der Waals surface area contributed by atoms with E-state index in [0.717, 1.165) is 19.5 Å². The van der Waals surface area contributed by atoms with Crippen LogP contribution in [0.3, 0.4) is 0 Å².